The van der Waals surface area contributed by atoms with E-state index in [-0.39, 0.29) is 5.78 Å². The van der Waals surface area contributed by atoms with Crippen molar-refractivity contribution in [3.8, 4) is 11.1 Å². The number of aryl methyl sites for hydroxylation is 2. The van der Waals surface area contributed by atoms with Crippen LogP contribution in [0.5, 0.6) is 0 Å². The van der Waals surface area contributed by atoms with Crippen LogP contribution in [0.4, 0.5) is 0 Å². The van der Waals surface area contributed by atoms with Gasteiger partial charge in [0.05, 0.1) is 0 Å². The molecule has 1 aromatic heterocycles. The third kappa shape index (κ3) is 4.34. The largest absolute Gasteiger partial charge is 0.450 e. The molecule has 3 rings (SSSR count). The van der Waals surface area contributed by atoms with E-state index < -0.39 is 12.1 Å². The number of carbonyl (C=O) groups is 2. The molecule has 0 radical (unpaired) electrons. The summed E-state index contributed by atoms with van der Waals surface area (Å²) in [4.78, 5) is 25.7. The van der Waals surface area contributed by atoms with Gasteiger partial charge in [0.2, 0.25) is 5.78 Å². The van der Waals surface area contributed by atoms with Gasteiger partial charge >= 0.3 is 5.97 Å². The van der Waals surface area contributed by atoms with Crippen molar-refractivity contribution in [1.82, 2.24) is 0 Å². The van der Waals surface area contributed by atoms with Crippen LogP contribution in [0.1, 0.15) is 45.0 Å². The molecule has 0 fully saturated rings. The fourth-order valence-electron chi connectivity index (χ4n) is 2.83. The van der Waals surface area contributed by atoms with Crippen LogP contribution in [0.15, 0.2) is 60.0 Å². The Hall–Kier alpha value is -2.72. The van der Waals surface area contributed by atoms with E-state index in [9.17, 15) is 9.59 Å². The molecule has 0 aliphatic carbocycles. The summed E-state index contributed by atoms with van der Waals surface area (Å²) in [5.41, 5.74) is 4.67. The average Bonchev–Trinajstić information content (AvgIpc) is 3.18. The Morgan fingerprint density at radius 1 is 1.00 bits per heavy atom. The van der Waals surface area contributed by atoms with Crippen LogP contribution in [0.25, 0.3) is 11.1 Å². The Morgan fingerprint density at radius 3 is 2.30 bits per heavy atom. The van der Waals surface area contributed by atoms with Crippen LogP contribution in [-0.4, -0.2) is 17.9 Å². The number of thiophene rings is 1. The second-order valence-corrected chi connectivity index (χ2v) is 7.41. The summed E-state index contributed by atoms with van der Waals surface area (Å²) in [5.74, 6) is -0.661. The molecule has 0 saturated carbocycles. The van der Waals surface area contributed by atoms with Gasteiger partial charge in [0, 0.05) is 11.1 Å². The Balaban J connectivity index is 1.74. The monoisotopic (exact) mass is 378 g/mol. The van der Waals surface area contributed by atoms with Crippen LogP contribution < -0.4 is 0 Å². The third-order valence-corrected chi connectivity index (χ3v) is 5.41. The molecule has 27 heavy (non-hydrogen) atoms. The maximum Gasteiger partial charge on any atom is 0.349 e. The minimum absolute atomic E-state index is 0.195. The van der Waals surface area contributed by atoms with Gasteiger partial charge in [-0.2, -0.15) is 0 Å². The summed E-state index contributed by atoms with van der Waals surface area (Å²) in [5, 5.41) is 1.86. The van der Waals surface area contributed by atoms with Crippen LogP contribution in [0, 0.1) is 6.92 Å². The summed E-state index contributed by atoms with van der Waals surface area (Å²) in [6.45, 7) is 5.70. The van der Waals surface area contributed by atoms with E-state index in [1.165, 1.54) is 11.3 Å². The average molecular weight is 378 g/mol. The highest BCUT2D eigenvalue weighted by Crippen LogP contribution is 2.29. The lowest BCUT2D eigenvalue weighted by Crippen LogP contribution is -2.24. The van der Waals surface area contributed by atoms with Crippen molar-refractivity contribution in [2.75, 3.05) is 0 Å². The Kier molecular flexibility index (Phi) is 5.87. The fourth-order valence-corrected chi connectivity index (χ4v) is 3.63. The SMILES string of the molecule is CCc1ccc(C(=O)[C@H](C)OC(=O)c2sccc2-c2ccc(C)cc2)cc1. The van der Waals surface area contributed by atoms with Crippen molar-refractivity contribution in [3.05, 3.63) is 81.5 Å². The lowest BCUT2D eigenvalue weighted by Gasteiger charge is -2.13. The van der Waals surface area contributed by atoms with E-state index in [0.717, 1.165) is 28.7 Å². The van der Waals surface area contributed by atoms with E-state index >= 15 is 0 Å². The molecule has 1 heterocycles. The summed E-state index contributed by atoms with van der Waals surface area (Å²) in [7, 11) is 0. The topological polar surface area (TPSA) is 43.4 Å². The molecular weight excluding hydrogens is 356 g/mol. The summed E-state index contributed by atoms with van der Waals surface area (Å²) < 4.78 is 5.48. The van der Waals surface area contributed by atoms with Crippen molar-refractivity contribution < 1.29 is 14.3 Å². The molecular formula is C23H22O3S. The van der Waals surface area contributed by atoms with Gasteiger partial charge in [-0.3, -0.25) is 4.79 Å². The van der Waals surface area contributed by atoms with Crippen LogP contribution >= 0.6 is 11.3 Å². The van der Waals surface area contributed by atoms with Gasteiger partial charge in [0.1, 0.15) is 4.88 Å². The third-order valence-electron chi connectivity index (χ3n) is 4.51. The first-order valence-corrected chi connectivity index (χ1v) is 9.86. The number of hydrogen-bond donors (Lipinski definition) is 0. The number of benzene rings is 2. The molecule has 0 spiro atoms. The minimum Gasteiger partial charge on any atom is -0.450 e. The first-order chi connectivity index (χ1) is 13.0. The molecule has 0 amide bonds. The molecule has 4 heteroatoms. The minimum atomic E-state index is -0.835. The summed E-state index contributed by atoms with van der Waals surface area (Å²) >= 11 is 1.33. The number of Topliss-reactive ketones (excluding diaryl/α,β-unsaturated/α-hetero) is 1. The molecule has 0 unspecified atom stereocenters. The molecule has 138 valence electrons. The van der Waals surface area contributed by atoms with Gasteiger partial charge in [0.15, 0.2) is 6.10 Å². The summed E-state index contributed by atoms with van der Waals surface area (Å²) in [6.07, 6.45) is 0.0806. The number of hydrogen-bond acceptors (Lipinski definition) is 4. The van der Waals surface area contributed by atoms with E-state index in [4.69, 9.17) is 4.74 Å². The van der Waals surface area contributed by atoms with Crippen molar-refractivity contribution in [3.63, 3.8) is 0 Å². The lowest BCUT2D eigenvalue weighted by molar-refractivity contribution is 0.0324. The zero-order valence-electron chi connectivity index (χ0n) is 15.7. The number of esters is 1. The van der Waals surface area contributed by atoms with Crippen molar-refractivity contribution in [2.45, 2.75) is 33.3 Å². The fraction of sp³-hybridized carbons (Fsp3) is 0.217. The highest BCUT2D eigenvalue weighted by molar-refractivity contribution is 7.12. The van der Waals surface area contributed by atoms with Gasteiger partial charge < -0.3 is 4.74 Å². The lowest BCUT2D eigenvalue weighted by atomic mass is 10.0. The Labute approximate surface area is 163 Å². The quantitative estimate of drug-likeness (QED) is 0.407. The Bertz CT molecular complexity index is 937. The predicted molar refractivity (Wildman–Crippen MR) is 110 cm³/mol. The first-order valence-electron chi connectivity index (χ1n) is 8.98. The van der Waals surface area contributed by atoms with Crippen LogP contribution in [0.3, 0.4) is 0 Å². The maximum atomic E-state index is 12.6. The standard InChI is InChI=1S/C23H22O3S/c1-4-17-7-11-19(12-8-17)21(24)16(3)26-23(25)22-20(13-14-27-22)18-9-5-15(2)6-10-18/h5-14,16H,4H2,1-3H3/t16-/m0/s1. The first kappa shape index (κ1) is 19.1. The maximum absolute atomic E-state index is 12.6. The van der Waals surface area contributed by atoms with E-state index in [2.05, 4.69) is 6.92 Å². The van der Waals surface area contributed by atoms with Gasteiger partial charge in [-0.05, 0) is 42.8 Å². The number of carbonyl (C=O) groups excluding carboxylic acids is 2. The highest BCUT2D eigenvalue weighted by atomic mass is 32.1. The smallest absolute Gasteiger partial charge is 0.349 e. The predicted octanol–water partition coefficient (Wildman–Crippen LogP) is 5.71. The molecule has 3 aromatic rings. The Morgan fingerprint density at radius 2 is 1.67 bits per heavy atom. The van der Waals surface area contributed by atoms with Gasteiger partial charge in [-0.1, -0.05) is 61.0 Å². The molecule has 3 nitrogen and oxygen atoms in total. The molecule has 2 aromatic carbocycles. The molecule has 0 saturated heterocycles. The molecule has 0 bridgehead atoms. The number of ketones is 1. The van der Waals surface area contributed by atoms with Crippen LogP contribution in [-0.2, 0) is 11.2 Å². The molecule has 0 N–H and O–H groups in total. The second kappa shape index (κ2) is 8.31. The molecule has 1 atom stereocenters. The normalized spacial score (nSPS) is 11.8. The van der Waals surface area contributed by atoms with E-state index in [1.807, 2.05) is 54.8 Å². The second-order valence-electron chi connectivity index (χ2n) is 6.49. The number of rotatable bonds is 6. The van der Waals surface area contributed by atoms with Crippen molar-refractivity contribution in [1.29, 1.82) is 0 Å². The van der Waals surface area contributed by atoms with Gasteiger partial charge in [0.25, 0.3) is 0 Å². The molecule has 0 aliphatic heterocycles. The van der Waals surface area contributed by atoms with Gasteiger partial charge in [-0.25, -0.2) is 4.79 Å². The van der Waals surface area contributed by atoms with Crippen molar-refractivity contribution >= 4 is 23.1 Å². The van der Waals surface area contributed by atoms with E-state index in [0.29, 0.717) is 10.4 Å². The zero-order valence-corrected chi connectivity index (χ0v) is 16.5. The molecule has 0 aliphatic rings. The van der Waals surface area contributed by atoms with Gasteiger partial charge in [-0.15, -0.1) is 11.3 Å². The van der Waals surface area contributed by atoms with Crippen LogP contribution in [0.2, 0.25) is 0 Å². The zero-order chi connectivity index (χ0) is 19.4. The van der Waals surface area contributed by atoms with E-state index in [1.54, 1.807) is 19.1 Å². The number of ether oxygens (including phenoxy) is 1. The highest BCUT2D eigenvalue weighted by Gasteiger charge is 2.23. The summed E-state index contributed by atoms with van der Waals surface area (Å²) in [6, 6.07) is 17.3. The van der Waals surface area contributed by atoms with Crippen molar-refractivity contribution in [2.24, 2.45) is 0 Å².